The summed E-state index contributed by atoms with van der Waals surface area (Å²) in [6.07, 6.45) is 0. The molecule has 7 nitrogen and oxygen atoms in total. The Kier molecular flexibility index (Phi) is 6.06. The van der Waals surface area contributed by atoms with Gasteiger partial charge in [0.15, 0.2) is 11.5 Å². The summed E-state index contributed by atoms with van der Waals surface area (Å²) in [5.74, 6) is -0.412. The van der Waals surface area contributed by atoms with Crippen molar-refractivity contribution in [2.45, 2.75) is 19.9 Å². The van der Waals surface area contributed by atoms with Crippen molar-refractivity contribution >= 4 is 23.2 Å². The van der Waals surface area contributed by atoms with Gasteiger partial charge in [-0.2, -0.15) is 0 Å². The highest BCUT2D eigenvalue weighted by atomic mass is 16.5. The van der Waals surface area contributed by atoms with Crippen molar-refractivity contribution in [3.8, 4) is 11.5 Å². The molecule has 26 heavy (non-hydrogen) atoms. The van der Waals surface area contributed by atoms with Gasteiger partial charge in [0.2, 0.25) is 0 Å². The predicted octanol–water partition coefficient (Wildman–Crippen LogP) is 2.41. The molecule has 0 spiro atoms. The summed E-state index contributed by atoms with van der Waals surface area (Å²) < 4.78 is 10.4. The molecule has 1 atom stereocenters. The second-order valence-electron chi connectivity index (χ2n) is 5.85. The average Bonchev–Trinajstić information content (AvgIpc) is 2.63. The maximum atomic E-state index is 12.2. The zero-order valence-corrected chi connectivity index (χ0v) is 15.3. The molecule has 0 aliphatic heterocycles. The molecule has 0 radical (unpaired) electrons. The molecule has 0 fully saturated rings. The van der Waals surface area contributed by atoms with E-state index in [4.69, 9.17) is 15.2 Å². The van der Waals surface area contributed by atoms with Crippen molar-refractivity contribution in [3.63, 3.8) is 0 Å². The molecule has 0 aliphatic rings. The van der Waals surface area contributed by atoms with Gasteiger partial charge in [-0.05, 0) is 49.2 Å². The number of ether oxygens (including phenoxy) is 2. The number of hydrogen-bond acceptors (Lipinski definition) is 5. The van der Waals surface area contributed by atoms with Crippen LogP contribution in [0.1, 0.15) is 24.1 Å². The Hall–Kier alpha value is -3.22. The highest BCUT2D eigenvalue weighted by Crippen LogP contribution is 2.29. The van der Waals surface area contributed by atoms with Gasteiger partial charge >= 0.3 is 11.8 Å². The van der Waals surface area contributed by atoms with Gasteiger partial charge in [-0.3, -0.25) is 9.59 Å². The van der Waals surface area contributed by atoms with E-state index in [1.54, 1.807) is 50.4 Å². The first-order valence-electron chi connectivity index (χ1n) is 8.05. The predicted molar refractivity (Wildman–Crippen MR) is 100 cm³/mol. The lowest BCUT2D eigenvalue weighted by Gasteiger charge is -2.16. The standard InChI is InChI=1S/C19H23N3O4/c1-11-5-7-15(14(20)9-11)22-19(24)18(23)21-12(2)13-6-8-16(25-3)17(10-13)26-4/h5-10,12H,20H2,1-4H3,(H,21,23)(H,22,24). The number of carbonyl (C=O) groups is 2. The molecular formula is C19H23N3O4. The Labute approximate surface area is 152 Å². The highest BCUT2D eigenvalue weighted by Gasteiger charge is 2.19. The van der Waals surface area contributed by atoms with Crippen LogP contribution in [0.15, 0.2) is 36.4 Å². The van der Waals surface area contributed by atoms with Crippen LogP contribution in [0.3, 0.4) is 0 Å². The van der Waals surface area contributed by atoms with Gasteiger partial charge in [0.1, 0.15) is 0 Å². The molecule has 4 N–H and O–H groups in total. The molecule has 7 heteroatoms. The first-order valence-corrected chi connectivity index (χ1v) is 8.05. The number of methoxy groups -OCH3 is 2. The number of nitrogens with one attached hydrogen (secondary N) is 2. The van der Waals surface area contributed by atoms with E-state index in [0.717, 1.165) is 11.1 Å². The van der Waals surface area contributed by atoms with Crippen LogP contribution < -0.4 is 25.8 Å². The van der Waals surface area contributed by atoms with E-state index >= 15 is 0 Å². The van der Waals surface area contributed by atoms with E-state index in [9.17, 15) is 9.59 Å². The molecule has 138 valence electrons. The fraction of sp³-hybridized carbons (Fsp3) is 0.263. The maximum absolute atomic E-state index is 12.2. The summed E-state index contributed by atoms with van der Waals surface area (Å²) in [4.78, 5) is 24.3. The van der Waals surface area contributed by atoms with Gasteiger partial charge in [0.25, 0.3) is 0 Å². The number of nitrogens with two attached hydrogens (primary N) is 1. The van der Waals surface area contributed by atoms with Crippen molar-refractivity contribution < 1.29 is 19.1 Å². The van der Waals surface area contributed by atoms with Crippen LogP contribution in [-0.4, -0.2) is 26.0 Å². The molecule has 0 bridgehead atoms. The molecule has 0 heterocycles. The molecule has 0 aromatic heterocycles. The van der Waals surface area contributed by atoms with Crippen LogP contribution in [-0.2, 0) is 9.59 Å². The Morgan fingerprint density at radius 3 is 2.31 bits per heavy atom. The lowest BCUT2D eigenvalue weighted by Crippen LogP contribution is -2.37. The minimum absolute atomic E-state index is 0.398. The van der Waals surface area contributed by atoms with E-state index < -0.39 is 17.9 Å². The fourth-order valence-electron chi connectivity index (χ4n) is 2.44. The van der Waals surface area contributed by atoms with E-state index in [1.165, 1.54) is 7.11 Å². The molecule has 2 aromatic carbocycles. The average molecular weight is 357 g/mol. The number of amides is 2. The number of hydrogen-bond donors (Lipinski definition) is 3. The molecule has 0 saturated heterocycles. The zero-order valence-electron chi connectivity index (χ0n) is 15.3. The third-order valence-electron chi connectivity index (χ3n) is 3.92. The minimum atomic E-state index is -0.784. The number of aryl methyl sites for hydroxylation is 1. The van der Waals surface area contributed by atoms with Crippen molar-refractivity contribution in [3.05, 3.63) is 47.5 Å². The highest BCUT2D eigenvalue weighted by molar-refractivity contribution is 6.40. The summed E-state index contributed by atoms with van der Waals surface area (Å²) in [7, 11) is 3.08. The number of rotatable bonds is 5. The van der Waals surface area contributed by atoms with Crippen LogP contribution >= 0.6 is 0 Å². The summed E-state index contributed by atoms with van der Waals surface area (Å²) in [6.45, 7) is 3.66. The first-order chi connectivity index (χ1) is 12.3. The number of anilines is 2. The van der Waals surface area contributed by atoms with Crippen LogP contribution in [0.2, 0.25) is 0 Å². The summed E-state index contributed by atoms with van der Waals surface area (Å²) in [5.41, 5.74) is 8.39. The molecule has 1 unspecified atom stereocenters. The third-order valence-corrected chi connectivity index (χ3v) is 3.92. The first kappa shape index (κ1) is 19.1. The molecular weight excluding hydrogens is 334 g/mol. The van der Waals surface area contributed by atoms with Gasteiger partial charge in [-0.1, -0.05) is 12.1 Å². The molecule has 2 amide bonds. The Morgan fingerprint density at radius 1 is 1.00 bits per heavy atom. The SMILES string of the molecule is COc1ccc(C(C)NC(=O)C(=O)Nc2ccc(C)cc2N)cc1OC. The lowest BCUT2D eigenvalue weighted by molar-refractivity contribution is -0.136. The van der Waals surface area contributed by atoms with E-state index in [0.29, 0.717) is 22.9 Å². The molecule has 2 rings (SSSR count). The number of carbonyl (C=O) groups excluding carboxylic acids is 2. The fourth-order valence-corrected chi connectivity index (χ4v) is 2.44. The molecule has 0 saturated carbocycles. The van der Waals surface area contributed by atoms with Crippen molar-refractivity contribution in [2.24, 2.45) is 0 Å². The van der Waals surface area contributed by atoms with Crippen LogP contribution in [0, 0.1) is 6.92 Å². The van der Waals surface area contributed by atoms with Gasteiger partial charge in [-0.25, -0.2) is 0 Å². The van der Waals surface area contributed by atoms with Gasteiger partial charge < -0.3 is 25.8 Å². The second kappa shape index (κ2) is 8.24. The Morgan fingerprint density at radius 2 is 1.69 bits per heavy atom. The van der Waals surface area contributed by atoms with Gasteiger partial charge in [-0.15, -0.1) is 0 Å². The monoisotopic (exact) mass is 357 g/mol. The van der Waals surface area contributed by atoms with Gasteiger partial charge in [0.05, 0.1) is 31.6 Å². The topological polar surface area (TPSA) is 103 Å². The number of benzene rings is 2. The normalized spacial score (nSPS) is 11.4. The third kappa shape index (κ3) is 4.44. The second-order valence-corrected chi connectivity index (χ2v) is 5.85. The number of nitrogen functional groups attached to an aromatic ring is 1. The van der Waals surface area contributed by atoms with Crippen LogP contribution in [0.5, 0.6) is 11.5 Å². The van der Waals surface area contributed by atoms with Gasteiger partial charge in [0, 0.05) is 0 Å². The Bertz CT molecular complexity index is 820. The van der Waals surface area contributed by atoms with E-state index in [1.807, 2.05) is 6.92 Å². The van der Waals surface area contributed by atoms with Crippen molar-refractivity contribution in [1.82, 2.24) is 5.32 Å². The minimum Gasteiger partial charge on any atom is -0.493 e. The molecule has 0 aliphatic carbocycles. The van der Waals surface area contributed by atoms with E-state index in [2.05, 4.69) is 10.6 Å². The van der Waals surface area contributed by atoms with Crippen LogP contribution in [0.25, 0.3) is 0 Å². The van der Waals surface area contributed by atoms with Crippen molar-refractivity contribution in [1.29, 1.82) is 0 Å². The summed E-state index contributed by atoms with van der Waals surface area (Å²) in [6, 6.07) is 10.1. The quantitative estimate of drug-likeness (QED) is 0.563. The Balaban J connectivity index is 2.05. The van der Waals surface area contributed by atoms with E-state index in [-0.39, 0.29) is 0 Å². The van der Waals surface area contributed by atoms with Crippen molar-refractivity contribution in [2.75, 3.05) is 25.3 Å². The maximum Gasteiger partial charge on any atom is 0.313 e. The summed E-state index contributed by atoms with van der Waals surface area (Å²) >= 11 is 0. The molecule has 2 aromatic rings. The largest absolute Gasteiger partial charge is 0.493 e. The zero-order chi connectivity index (χ0) is 19.3. The summed E-state index contributed by atoms with van der Waals surface area (Å²) in [5, 5.41) is 5.16. The lowest BCUT2D eigenvalue weighted by atomic mass is 10.1. The smallest absolute Gasteiger partial charge is 0.313 e. The van der Waals surface area contributed by atoms with Crippen LogP contribution in [0.4, 0.5) is 11.4 Å².